The molecule has 1 saturated carbocycles. The average molecular weight is 466 g/mol. The summed E-state index contributed by atoms with van der Waals surface area (Å²) in [5.74, 6) is 0.935. The van der Waals surface area contributed by atoms with Crippen LogP contribution in [0.1, 0.15) is 48.6 Å². The molecule has 35 heavy (non-hydrogen) atoms. The van der Waals surface area contributed by atoms with E-state index in [-0.39, 0.29) is 0 Å². The van der Waals surface area contributed by atoms with Crippen LogP contribution in [-0.2, 0) is 10.6 Å². The van der Waals surface area contributed by atoms with E-state index in [1.807, 2.05) is 17.7 Å². The third kappa shape index (κ3) is 3.14. The third-order valence-corrected chi connectivity index (χ3v) is 7.83. The number of benzene rings is 2. The van der Waals surface area contributed by atoms with Gasteiger partial charge in [-0.25, -0.2) is 4.98 Å². The first-order chi connectivity index (χ1) is 16.9. The number of fused-ring (bicyclic) bond motifs is 2. The van der Waals surface area contributed by atoms with Crippen LogP contribution in [0.5, 0.6) is 0 Å². The smallest absolute Gasteiger partial charge is 0.234 e. The Hall–Kier alpha value is -3.87. The van der Waals surface area contributed by atoms with Crippen molar-refractivity contribution >= 4 is 22.9 Å². The van der Waals surface area contributed by atoms with Gasteiger partial charge in [0.05, 0.1) is 29.3 Å². The lowest BCUT2D eigenvalue weighted by atomic mass is 9.86. The first kappa shape index (κ1) is 20.5. The Morgan fingerprint density at radius 2 is 1.89 bits per heavy atom. The van der Waals surface area contributed by atoms with Gasteiger partial charge >= 0.3 is 0 Å². The molecular weight excluding hydrogens is 438 g/mol. The maximum atomic E-state index is 6.19. The fraction of sp³-hybridized carbons (Fsp3) is 0.321. The van der Waals surface area contributed by atoms with E-state index in [0.29, 0.717) is 5.41 Å². The quantitative estimate of drug-likeness (QED) is 0.387. The second kappa shape index (κ2) is 7.07. The number of rotatable bonds is 3. The minimum atomic E-state index is -0.603. The van der Waals surface area contributed by atoms with E-state index >= 15 is 0 Å². The molecule has 3 aliphatic rings. The second-order valence-corrected chi connectivity index (χ2v) is 10.5. The molecule has 7 nitrogen and oxygen atoms in total. The van der Waals surface area contributed by atoms with Gasteiger partial charge in [-0.05, 0) is 61.8 Å². The van der Waals surface area contributed by atoms with Crippen molar-refractivity contribution in [1.82, 2.24) is 19.6 Å². The number of aromatic nitrogens is 3. The van der Waals surface area contributed by atoms with E-state index in [9.17, 15) is 0 Å². The molecule has 176 valence electrons. The lowest BCUT2D eigenvalue weighted by Crippen LogP contribution is -2.50. The van der Waals surface area contributed by atoms with Crippen molar-refractivity contribution in [3.63, 3.8) is 0 Å². The molecule has 1 atom stereocenters. The van der Waals surface area contributed by atoms with Crippen molar-refractivity contribution in [3.05, 3.63) is 83.1 Å². The van der Waals surface area contributed by atoms with Crippen molar-refractivity contribution in [2.75, 3.05) is 6.54 Å². The number of piperidine rings is 1. The fourth-order valence-corrected chi connectivity index (χ4v) is 5.50. The predicted molar refractivity (Wildman–Crippen MR) is 134 cm³/mol. The molecule has 2 aromatic heterocycles. The molecule has 0 N–H and O–H groups in total. The SMILES string of the molecule is Cc1ccc(C2(C)ON=C3/C(=C/c4ccc(-n5cnc(C)c5)c5oncc45)CC4(CC4)CN32)cc1. The fourth-order valence-electron chi connectivity index (χ4n) is 5.50. The Labute approximate surface area is 203 Å². The summed E-state index contributed by atoms with van der Waals surface area (Å²) < 4.78 is 7.67. The Kier molecular flexibility index (Phi) is 4.14. The summed E-state index contributed by atoms with van der Waals surface area (Å²) >= 11 is 0. The van der Waals surface area contributed by atoms with Crippen molar-refractivity contribution in [1.29, 1.82) is 0 Å². The minimum absolute atomic E-state index is 0.298. The lowest BCUT2D eigenvalue weighted by Gasteiger charge is -2.41. The third-order valence-electron chi connectivity index (χ3n) is 7.83. The van der Waals surface area contributed by atoms with E-state index in [4.69, 9.17) is 9.36 Å². The highest BCUT2D eigenvalue weighted by atomic mass is 16.7. The highest BCUT2D eigenvalue weighted by Crippen LogP contribution is 2.57. The van der Waals surface area contributed by atoms with Gasteiger partial charge < -0.3 is 18.8 Å². The monoisotopic (exact) mass is 465 g/mol. The van der Waals surface area contributed by atoms with Crippen LogP contribution in [0.3, 0.4) is 0 Å². The van der Waals surface area contributed by atoms with Gasteiger partial charge in [0.1, 0.15) is 0 Å². The molecule has 7 rings (SSSR count). The zero-order chi connectivity index (χ0) is 23.8. The topological polar surface area (TPSA) is 68.7 Å². The van der Waals surface area contributed by atoms with Gasteiger partial charge in [-0.2, -0.15) is 0 Å². The van der Waals surface area contributed by atoms with Crippen molar-refractivity contribution < 1.29 is 9.36 Å². The maximum absolute atomic E-state index is 6.19. The van der Waals surface area contributed by atoms with Crippen LogP contribution in [0.25, 0.3) is 22.7 Å². The van der Waals surface area contributed by atoms with Crippen molar-refractivity contribution in [3.8, 4) is 5.69 Å². The van der Waals surface area contributed by atoms with Gasteiger partial charge in [-0.15, -0.1) is 0 Å². The number of oxime groups is 1. The van der Waals surface area contributed by atoms with Gasteiger partial charge in [0.2, 0.25) is 5.72 Å². The molecule has 1 spiro atoms. The number of hydrogen-bond acceptors (Lipinski definition) is 6. The molecule has 0 amide bonds. The molecule has 2 aliphatic heterocycles. The Balaban J connectivity index is 1.30. The summed E-state index contributed by atoms with van der Waals surface area (Å²) in [6, 6.07) is 12.8. The number of imidazole rings is 1. The van der Waals surface area contributed by atoms with Gasteiger partial charge in [0, 0.05) is 25.2 Å². The first-order valence-electron chi connectivity index (χ1n) is 12.1. The lowest BCUT2D eigenvalue weighted by molar-refractivity contribution is -0.0968. The molecule has 2 fully saturated rings. The zero-order valence-electron chi connectivity index (χ0n) is 20.2. The van der Waals surface area contributed by atoms with Crippen LogP contribution < -0.4 is 0 Å². The van der Waals surface area contributed by atoms with E-state index in [2.05, 4.69) is 76.5 Å². The zero-order valence-corrected chi connectivity index (χ0v) is 20.2. The predicted octanol–water partition coefficient (Wildman–Crippen LogP) is 5.72. The normalized spacial score (nSPS) is 23.6. The number of amidine groups is 1. The van der Waals surface area contributed by atoms with Crippen LogP contribution in [0, 0.1) is 19.3 Å². The van der Waals surface area contributed by atoms with Crippen LogP contribution in [0.15, 0.2) is 70.4 Å². The Morgan fingerprint density at radius 1 is 1.06 bits per heavy atom. The number of aryl methyl sites for hydroxylation is 2. The highest BCUT2D eigenvalue weighted by molar-refractivity contribution is 6.05. The Morgan fingerprint density at radius 3 is 2.63 bits per heavy atom. The number of nitrogens with zero attached hydrogens (tertiary/aromatic N) is 5. The maximum Gasteiger partial charge on any atom is 0.234 e. The first-order valence-corrected chi connectivity index (χ1v) is 12.1. The van der Waals surface area contributed by atoms with Gasteiger partial charge in [0.25, 0.3) is 0 Å². The number of hydrogen-bond donors (Lipinski definition) is 0. The van der Waals surface area contributed by atoms with Crippen molar-refractivity contribution in [2.45, 2.75) is 45.8 Å². The summed E-state index contributed by atoms with van der Waals surface area (Å²) in [5, 5.41) is 9.74. The van der Waals surface area contributed by atoms with Gasteiger partial charge in [0.15, 0.2) is 11.4 Å². The van der Waals surface area contributed by atoms with E-state index < -0.39 is 5.72 Å². The van der Waals surface area contributed by atoms with E-state index in [1.165, 1.54) is 24.0 Å². The standard InChI is InChI=1S/C28H27N5O2/c1-18-4-7-22(8-5-18)27(3)33-16-28(10-11-28)13-21(26(33)31-35-27)12-20-6-9-24(25-23(20)14-30-34-25)32-15-19(2)29-17-32/h4-9,12,14-15,17H,10-11,13,16H2,1-3H3/b21-12+. The van der Waals surface area contributed by atoms with Gasteiger partial charge in [-0.3, -0.25) is 0 Å². The molecule has 1 unspecified atom stereocenters. The van der Waals surface area contributed by atoms with E-state index in [0.717, 1.165) is 52.3 Å². The molecule has 4 heterocycles. The van der Waals surface area contributed by atoms with Crippen LogP contribution in [-0.4, -0.2) is 32.0 Å². The van der Waals surface area contributed by atoms with Gasteiger partial charge in [-0.1, -0.05) is 46.2 Å². The summed E-state index contributed by atoms with van der Waals surface area (Å²) in [4.78, 5) is 12.9. The summed E-state index contributed by atoms with van der Waals surface area (Å²) in [6.45, 7) is 7.18. The molecule has 4 aromatic rings. The highest BCUT2D eigenvalue weighted by Gasteiger charge is 2.56. The van der Waals surface area contributed by atoms with Crippen molar-refractivity contribution in [2.24, 2.45) is 10.6 Å². The molecule has 7 heteroatoms. The average Bonchev–Trinajstić information content (AvgIpc) is 3.21. The molecule has 1 saturated heterocycles. The van der Waals surface area contributed by atoms with E-state index in [1.54, 1.807) is 12.5 Å². The largest absolute Gasteiger partial charge is 0.360 e. The van der Waals surface area contributed by atoms with Crippen LogP contribution in [0.4, 0.5) is 0 Å². The Bertz CT molecular complexity index is 1520. The minimum Gasteiger partial charge on any atom is -0.360 e. The summed E-state index contributed by atoms with van der Waals surface area (Å²) in [6.07, 6.45) is 11.3. The van der Waals surface area contributed by atoms with Crippen LogP contribution >= 0.6 is 0 Å². The summed E-state index contributed by atoms with van der Waals surface area (Å²) in [7, 11) is 0. The second-order valence-electron chi connectivity index (χ2n) is 10.5. The molecule has 2 aromatic carbocycles. The molecule has 0 bridgehead atoms. The molecule has 1 aliphatic carbocycles. The molecule has 0 radical (unpaired) electrons. The van der Waals surface area contributed by atoms with Crippen LogP contribution in [0.2, 0.25) is 0 Å². The molecular formula is C28H27N5O2. The summed E-state index contributed by atoms with van der Waals surface area (Å²) in [5.41, 5.74) is 6.97.